The molecule has 0 spiro atoms. The SMILES string of the molecule is C=Cc1ccc(C=C)c(OC)c1. The van der Waals surface area contributed by atoms with Gasteiger partial charge in [0.25, 0.3) is 0 Å². The molecule has 1 aromatic carbocycles. The summed E-state index contributed by atoms with van der Waals surface area (Å²) in [7, 11) is 1.65. The van der Waals surface area contributed by atoms with Crippen LogP contribution in [0.25, 0.3) is 12.2 Å². The van der Waals surface area contributed by atoms with Gasteiger partial charge in [0.15, 0.2) is 0 Å². The maximum atomic E-state index is 5.16. The monoisotopic (exact) mass is 160 g/mol. The number of rotatable bonds is 3. The summed E-state index contributed by atoms with van der Waals surface area (Å²) in [5.74, 6) is 0.836. The van der Waals surface area contributed by atoms with Gasteiger partial charge in [-0.2, -0.15) is 0 Å². The molecule has 0 aliphatic heterocycles. The number of methoxy groups -OCH3 is 1. The van der Waals surface area contributed by atoms with Gasteiger partial charge in [0.2, 0.25) is 0 Å². The predicted octanol–water partition coefficient (Wildman–Crippen LogP) is 2.98. The molecule has 0 saturated carbocycles. The quantitative estimate of drug-likeness (QED) is 0.660. The molecule has 0 atom stereocenters. The molecule has 1 heteroatoms. The van der Waals surface area contributed by atoms with E-state index in [2.05, 4.69) is 13.2 Å². The molecule has 1 rings (SSSR count). The van der Waals surface area contributed by atoms with Crippen molar-refractivity contribution in [2.45, 2.75) is 0 Å². The van der Waals surface area contributed by atoms with Crippen LogP contribution in [-0.4, -0.2) is 7.11 Å². The van der Waals surface area contributed by atoms with Crippen molar-refractivity contribution in [1.29, 1.82) is 0 Å². The topological polar surface area (TPSA) is 9.23 Å². The Morgan fingerprint density at radius 1 is 1.25 bits per heavy atom. The summed E-state index contributed by atoms with van der Waals surface area (Å²) in [4.78, 5) is 0. The fourth-order valence-corrected chi connectivity index (χ4v) is 1.02. The van der Waals surface area contributed by atoms with Crippen LogP contribution < -0.4 is 4.74 Å². The third-order valence-corrected chi connectivity index (χ3v) is 1.71. The van der Waals surface area contributed by atoms with Gasteiger partial charge in [0.1, 0.15) is 5.75 Å². The van der Waals surface area contributed by atoms with E-state index in [-0.39, 0.29) is 0 Å². The summed E-state index contributed by atoms with van der Waals surface area (Å²) >= 11 is 0. The average Bonchev–Trinajstić information content (AvgIpc) is 2.16. The van der Waals surface area contributed by atoms with Gasteiger partial charge in [-0.1, -0.05) is 37.4 Å². The van der Waals surface area contributed by atoms with Crippen LogP contribution in [0.4, 0.5) is 0 Å². The Labute approximate surface area is 73.0 Å². The van der Waals surface area contributed by atoms with Gasteiger partial charge in [0, 0.05) is 5.56 Å². The molecule has 0 aromatic heterocycles. The van der Waals surface area contributed by atoms with Crippen LogP contribution in [0.3, 0.4) is 0 Å². The highest BCUT2D eigenvalue weighted by Gasteiger charge is 1.98. The first-order valence-corrected chi connectivity index (χ1v) is 3.74. The molecule has 1 aromatic rings. The van der Waals surface area contributed by atoms with E-state index in [9.17, 15) is 0 Å². The highest BCUT2D eigenvalue weighted by Crippen LogP contribution is 2.21. The Hall–Kier alpha value is -1.50. The Bertz CT molecular complexity index is 300. The Balaban J connectivity index is 3.18. The Morgan fingerprint density at radius 3 is 2.50 bits per heavy atom. The average molecular weight is 160 g/mol. The van der Waals surface area contributed by atoms with Crippen LogP contribution in [0.2, 0.25) is 0 Å². The third kappa shape index (κ3) is 1.56. The van der Waals surface area contributed by atoms with Crippen molar-refractivity contribution < 1.29 is 4.74 Å². The maximum absolute atomic E-state index is 5.16. The molecule has 0 amide bonds. The van der Waals surface area contributed by atoms with Crippen molar-refractivity contribution >= 4 is 12.2 Å². The molecule has 0 unspecified atom stereocenters. The van der Waals surface area contributed by atoms with Gasteiger partial charge in [-0.15, -0.1) is 0 Å². The molecule has 0 bridgehead atoms. The summed E-state index contributed by atoms with van der Waals surface area (Å²) < 4.78 is 5.16. The summed E-state index contributed by atoms with van der Waals surface area (Å²) in [5, 5.41) is 0. The van der Waals surface area contributed by atoms with Gasteiger partial charge < -0.3 is 4.74 Å². The lowest BCUT2D eigenvalue weighted by Gasteiger charge is -2.04. The van der Waals surface area contributed by atoms with Gasteiger partial charge in [-0.05, 0) is 11.6 Å². The fourth-order valence-electron chi connectivity index (χ4n) is 1.02. The molecule has 1 nitrogen and oxygen atoms in total. The van der Waals surface area contributed by atoms with Crippen LogP contribution in [0, 0.1) is 0 Å². The summed E-state index contributed by atoms with van der Waals surface area (Å²) in [5.41, 5.74) is 2.06. The number of benzene rings is 1. The summed E-state index contributed by atoms with van der Waals surface area (Å²) in [6, 6.07) is 5.87. The van der Waals surface area contributed by atoms with E-state index < -0.39 is 0 Å². The van der Waals surface area contributed by atoms with Crippen LogP contribution in [0.15, 0.2) is 31.4 Å². The highest BCUT2D eigenvalue weighted by atomic mass is 16.5. The van der Waals surface area contributed by atoms with E-state index in [1.54, 1.807) is 19.3 Å². The number of hydrogen-bond acceptors (Lipinski definition) is 1. The first-order chi connectivity index (χ1) is 5.81. The van der Waals surface area contributed by atoms with Crippen LogP contribution in [-0.2, 0) is 0 Å². The van der Waals surface area contributed by atoms with E-state index in [4.69, 9.17) is 4.74 Å². The van der Waals surface area contributed by atoms with E-state index in [0.29, 0.717) is 0 Å². The number of ether oxygens (including phenoxy) is 1. The lowest BCUT2D eigenvalue weighted by molar-refractivity contribution is 0.414. The standard InChI is InChI=1S/C11H12O/c1-4-9-6-7-10(5-2)11(8-9)12-3/h4-8H,1-2H2,3H3. The molecular formula is C11H12O. The van der Waals surface area contributed by atoms with E-state index in [1.807, 2.05) is 18.2 Å². The van der Waals surface area contributed by atoms with Gasteiger partial charge in [0.05, 0.1) is 7.11 Å². The van der Waals surface area contributed by atoms with Crippen molar-refractivity contribution in [3.05, 3.63) is 42.5 Å². The minimum atomic E-state index is 0.836. The van der Waals surface area contributed by atoms with Crippen molar-refractivity contribution in [3.8, 4) is 5.75 Å². The zero-order chi connectivity index (χ0) is 8.97. The van der Waals surface area contributed by atoms with Crippen LogP contribution in [0.1, 0.15) is 11.1 Å². The third-order valence-electron chi connectivity index (χ3n) is 1.71. The number of hydrogen-bond donors (Lipinski definition) is 0. The van der Waals surface area contributed by atoms with Gasteiger partial charge in [-0.3, -0.25) is 0 Å². The first kappa shape index (κ1) is 8.60. The van der Waals surface area contributed by atoms with E-state index in [0.717, 1.165) is 16.9 Å². The second-order valence-corrected chi connectivity index (χ2v) is 2.41. The van der Waals surface area contributed by atoms with Crippen molar-refractivity contribution in [2.24, 2.45) is 0 Å². The highest BCUT2D eigenvalue weighted by molar-refractivity contribution is 5.61. The smallest absolute Gasteiger partial charge is 0.126 e. The normalized spacial score (nSPS) is 9.08. The molecule has 0 N–H and O–H groups in total. The molecule has 0 aliphatic carbocycles. The lowest BCUT2D eigenvalue weighted by Crippen LogP contribution is -1.87. The van der Waals surface area contributed by atoms with Crippen LogP contribution in [0.5, 0.6) is 5.75 Å². The second kappa shape index (κ2) is 3.77. The van der Waals surface area contributed by atoms with Gasteiger partial charge >= 0.3 is 0 Å². The summed E-state index contributed by atoms with van der Waals surface area (Å²) in [6.45, 7) is 7.37. The minimum absolute atomic E-state index is 0.836. The van der Waals surface area contributed by atoms with Crippen molar-refractivity contribution in [3.63, 3.8) is 0 Å². The van der Waals surface area contributed by atoms with E-state index >= 15 is 0 Å². The molecule has 0 saturated heterocycles. The fraction of sp³-hybridized carbons (Fsp3) is 0.0909. The lowest BCUT2D eigenvalue weighted by atomic mass is 10.1. The molecule has 62 valence electrons. The first-order valence-electron chi connectivity index (χ1n) is 3.74. The molecule has 12 heavy (non-hydrogen) atoms. The molecule has 0 heterocycles. The zero-order valence-corrected chi connectivity index (χ0v) is 7.21. The van der Waals surface area contributed by atoms with Crippen molar-refractivity contribution in [2.75, 3.05) is 7.11 Å². The summed E-state index contributed by atoms with van der Waals surface area (Å²) in [6.07, 6.45) is 3.56. The predicted molar refractivity (Wildman–Crippen MR) is 53.2 cm³/mol. The molecular weight excluding hydrogens is 148 g/mol. The van der Waals surface area contributed by atoms with Gasteiger partial charge in [-0.25, -0.2) is 0 Å². The largest absolute Gasteiger partial charge is 0.496 e. The Morgan fingerprint density at radius 2 is 2.00 bits per heavy atom. The zero-order valence-electron chi connectivity index (χ0n) is 7.21. The maximum Gasteiger partial charge on any atom is 0.126 e. The minimum Gasteiger partial charge on any atom is -0.496 e. The van der Waals surface area contributed by atoms with E-state index in [1.165, 1.54) is 0 Å². The Kier molecular flexibility index (Phi) is 2.70. The second-order valence-electron chi connectivity index (χ2n) is 2.41. The van der Waals surface area contributed by atoms with Crippen LogP contribution >= 0.6 is 0 Å². The molecule has 0 aliphatic rings. The molecule has 0 fully saturated rings. The van der Waals surface area contributed by atoms with Crippen molar-refractivity contribution in [1.82, 2.24) is 0 Å². The molecule has 0 radical (unpaired) electrons.